The van der Waals surface area contributed by atoms with Crippen LogP contribution in [0.5, 0.6) is 0 Å². The molecule has 0 fully saturated rings. The Morgan fingerprint density at radius 3 is 2.32 bits per heavy atom. The van der Waals surface area contributed by atoms with E-state index < -0.39 is 0 Å². The first-order chi connectivity index (χ1) is 16.4. The molecule has 184 valence electrons. The van der Waals surface area contributed by atoms with Gasteiger partial charge in [-0.15, -0.1) is 0 Å². The molecule has 3 heteroatoms. The lowest BCUT2D eigenvalue weighted by Crippen LogP contribution is -2.27. The monoisotopic (exact) mass is 460 g/mol. The molecule has 0 saturated carbocycles. The maximum Gasteiger partial charge on any atom is 0.150 e. The number of carbonyl (C=O) groups excluding carboxylic acids is 1. The van der Waals surface area contributed by atoms with Crippen molar-refractivity contribution in [3.8, 4) is 0 Å². The third-order valence-corrected chi connectivity index (χ3v) is 7.15. The molecule has 3 rings (SSSR count). The van der Waals surface area contributed by atoms with Gasteiger partial charge in [-0.05, 0) is 100 Å². The van der Waals surface area contributed by atoms with E-state index in [4.69, 9.17) is 0 Å². The van der Waals surface area contributed by atoms with Gasteiger partial charge in [0.2, 0.25) is 0 Å². The Labute approximate surface area is 207 Å². The minimum Gasteiger partial charge on any atom is -0.345 e. The van der Waals surface area contributed by atoms with Crippen LogP contribution in [0.15, 0.2) is 42.5 Å². The molecule has 0 unspecified atom stereocenters. The number of benzene rings is 2. The molecule has 34 heavy (non-hydrogen) atoms. The number of nitrogens with zero attached hydrogens (tertiary/aromatic N) is 2. The van der Waals surface area contributed by atoms with Gasteiger partial charge in [-0.1, -0.05) is 57.5 Å². The molecule has 0 spiro atoms. The van der Waals surface area contributed by atoms with Gasteiger partial charge in [-0.3, -0.25) is 4.79 Å². The molecule has 1 heterocycles. The van der Waals surface area contributed by atoms with Crippen molar-refractivity contribution in [3.63, 3.8) is 0 Å². The minimum absolute atomic E-state index is 0.733. The van der Waals surface area contributed by atoms with Crippen molar-refractivity contribution in [2.75, 3.05) is 19.6 Å². The molecule has 0 bridgehead atoms. The summed E-state index contributed by atoms with van der Waals surface area (Å²) in [5.41, 5.74) is 7.45. The Morgan fingerprint density at radius 1 is 0.912 bits per heavy atom. The van der Waals surface area contributed by atoms with E-state index >= 15 is 0 Å². The molecule has 3 aromatic rings. The van der Waals surface area contributed by atoms with E-state index in [-0.39, 0.29) is 0 Å². The third-order valence-electron chi connectivity index (χ3n) is 7.15. The van der Waals surface area contributed by atoms with Crippen LogP contribution in [-0.4, -0.2) is 35.4 Å². The fourth-order valence-electron chi connectivity index (χ4n) is 4.92. The Bertz CT molecular complexity index is 1050. The van der Waals surface area contributed by atoms with Gasteiger partial charge in [-0.25, -0.2) is 0 Å². The number of hydrogen-bond acceptors (Lipinski definition) is 2. The van der Waals surface area contributed by atoms with Gasteiger partial charge in [0.1, 0.15) is 6.29 Å². The number of unbranched alkanes of at least 4 members (excludes halogenated alkanes) is 2. The number of rotatable bonds is 14. The van der Waals surface area contributed by atoms with Crippen molar-refractivity contribution < 1.29 is 4.79 Å². The van der Waals surface area contributed by atoms with Crippen molar-refractivity contribution in [2.24, 2.45) is 5.92 Å². The Balaban J connectivity index is 1.58. The van der Waals surface area contributed by atoms with Crippen LogP contribution in [0.25, 0.3) is 10.9 Å². The summed E-state index contributed by atoms with van der Waals surface area (Å²) in [4.78, 5) is 13.6. The average Bonchev–Trinajstić information content (AvgIpc) is 3.07. The fourth-order valence-corrected chi connectivity index (χ4v) is 4.92. The minimum atomic E-state index is 0.733. The molecule has 0 N–H and O–H groups in total. The van der Waals surface area contributed by atoms with Crippen molar-refractivity contribution in [1.82, 2.24) is 9.47 Å². The number of fused-ring (bicyclic) bond motifs is 1. The lowest BCUT2D eigenvalue weighted by atomic mass is 10.0. The Morgan fingerprint density at radius 2 is 1.65 bits per heavy atom. The second-order valence-corrected chi connectivity index (χ2v) is 10.3. The van der Waals surface area contributed by atoms with Gasteiger partial charge >= 0.3 is 0 Å². The van der Waals surface area contributed by atoms with Gasteiger partial charge in [-0.2, -0.15) is 0 Å². The van der Waals surface area contributed by atoms with Crippen molar-refractivity contribution >= 4 is 17.2 Å². The Hall–Kier alpha value is -2.39. The summed E-state index contributed by atoms with van der Waals surface area (Å²) in [6, 6.07) is 14.8. The first-order valence-corrected chi connectivity index (χ1v) is 13.3. The number of aromatic nitrogens is 1. The number of aldehydes is 1. The summed E-state index contributed by atoms with van der Waals surface area (Å²) in [6.45, 7) is 16.3. The summed E-state index contributed by atoms with van der Waals surface area (Å²) >= 11 is 0. The summed E-state index contributed by atoms with van der Waals surface area (Å²) in [7, 11) is 0. The zero-order valence-corrected chi connectivity index (χ0v) is 22.1. The fraction of sp³-hybridized carbons (Fsp3) is 0.516. The summed E-state index contributed by atoms with van der Waals surface area (Å²) < 4.78 is 2.52. The predicted molar refractivity (Wildman–Crippen MR) is 146 cm³/mol. The maximum atomic E-state index is 10.9. The Kier molecular flexibility index (Phi) is 9.95. The molecule has 0 atom stereocenters. The van der Waals surface area contributed by atoms with Crippen LogP contribution in [0.1, 0.15) is 85.6 Å². The van der Waals surface area contributed by atoms with E-state index in [1.165, 1.54) is 85.0 Å². The van der Waals surface area contributed by atoms with Crippen LogP contribution in [0, 0.1) is 19.8 Å². The van der Waals surface area contributed by atoms with E-state index in [9.17, 15) is 4.79 Å². The number of carbonyl (C=O) groups is 1. The van der Waals surface area contributed by atoms with Crippen LogP contribution in [0.4, 0.5) is 0 Å². The highest BCUT2D eigenvalue weighted by Gasteiger charge is 2.12. The van der Waals surface area contributed by atoms with Crippen LogP contribution >= 0.6 is 0 Å². The molecule has 0 aliphatic heterocycles. The lowest BCUT2D eigenvalue weighted by molar-refractivity contribution is 0.112. The molecular formula is C31H44N2O. The molecule has 3 nitrogen and oxygen atoms in total. The second-order valence-electron chi connectivity index (χ2n) is 10.3. The third kappa shape index (κ3) is 7.06. The normalized spacial score (nSPS) is 11.7. The largest absolute Gasteiger partial charge is 0.345 e. The standard InChI is InChI=1S/C31H44N2O/c1-6-17-32(20-16-24(2)3)18-8-7-9-19-33-26(5)25(4)30-22-29(14-15-31(30)33)21-27-10-12-28(23-34)13-11-27/h10-15,22-24H,6-9,16-21H2,1-5H3. The zero-order valence-electron chi connectivity index (χ0n) is 22.1. The molecule has 0 radical (unpaired) electrons. The quantitative estimate of drug-likeness (QED) is 0.183. The summed E-state index contributed by atoms with van der Waals surface area (Å²) in [6.07, 6.45) is 8.16. The van der Waals surface area contributed by atoms with Crippen LogP contribution in [0.3, 0.4) is 0 Å². The van der Waals surface area contributed by atoms with E-state index in [2.05, 4.69) is 74.4 Å². The van der Waals surface area contributed by atoms with Crippen LogP contribution < -0.4 is 0 Å². The average molecular weight is 461 g/mol. The van der Waals surface area contributed by atoms with E-state index in [1.54, 1.807) is 0 Å². The van der Waals surface area contributed by atoms with Crippen molar-refractivity contribution in [3.05, 3.63) is 70.4 Å². The lowest BCUT2D eigenvalue weighted by Gasteiger charge is -2.22. The summed E-state index contributed by atoms with van der Waals surface area (Å²) in [5.74, 6) is 0.788. The zero-order chi connectivity index (χ0) is 24.5. The van der Waals surface area contributed by atoms with E-state index in [0.29, 0.717) is 0 Å². The van der Waals surface area contributed by atoms with E-state index in [0.717, 1.165) is 30.7 Å². The number of hydrogen-bond donors (Lipinski definition) is 0. The van der Waals surface area contributed by atoms with E-state index in [1.807, 2.05) is 12.1 Å². The highest BCUT2D eigenvalue weighted by atomic mass is 16.1. The van der Waals surface area contributed by atoms with Gasteiger partial charge in [0.05, 0.1) is 0 Å². The molecule has 1 aromatic heterocycles. The van der Waals surface area contributed by atoms with Crippen molar-refractivity contribution in [2.45, 2.75) is 79.7 Å². The topological polar surface area (TPSA) is 25.2 Å². The molecule has 0 aliphatic carbocycles. The number of aryl methyl sites for hydroxylation is 2. The second kappa shape index (κ2) is 12.9. The van der Waals surface area contributed by atoms with Crippen molar-refractivity contribution in [1.29, 1.82) is 0 Å². The molecule has 2 aromatic carbocycles. The maximum absolute atomic E-state index is 10.9. The SMILES string of the molecule is CCCN(CCCCCn1c(C)c(C)c2cc(Cc3ccc(C=O)cc3)ccc21)CCC(C)C. The van der Waals surface area contributed by atoms with Gasteiger partial charge in [0, 0.05) is 28.7 Å². The first kappa shape index (κ1) is 26.2. The van der Waals surface area contributed by atoms with Gasteiger partial charge in [0.25, 0.3) is 0 Å². The van der Waals surface area contributed by atoms with Gasteiger partial charge in [0.15, 0.2) is 0 Å². The smallest absolute Gasteiger partial charge is 0.150 e. The molecule has 0 saturated heterocycles. The molecule has 0 aliphatic rings. The highest BCUT2D eigenvalue weighted by molar-refractivity contribution is 5.86. The van der Waals surface area contributed by atoms with Crippen LogP contribution in [0.2, 0.25) is 0 Å². The van der Waals surface area contributed by atoms with Crippen LogP contribution in [-0.2, 0) is 13.0 Å². The highest BCUT2D eigenvalue weighted by Crippen LogP contribution is 2.28. The summed E-state index contributed by atoms with van der Waals surface area (Å²) in [5, 5.41) is 1.38. The molecular weight excluding hydrogens is 416 g/mol. The predicted octanol–water partition coefficient (Wildman–Crippen LogP) is 7.59. The first-order valence-electron chi connectivity index (χ1n) is 13.3. The molecule has 0 amide bonds. The van der Waals surface area contributed by atoms with Gasteiger partial charge < -0.3 is 9.47 Å².